The molecule has 0 saturated heterocycles. The Bertz CT molecular complexity index is 879. The number of rotatable bonds is 5. The number of carbonyl (C=O) groups is 1. The van der Waals surface area contributed by atoms with Gasteiger partial charge in [-0.05, 0) is 61.7 Å². The van der Waals surface area contributed by atoms with Gasteiger partial charge in [-0.15, -0.1) is 0 Å². The maximum absolute atomic E-state index is 12.2. The summed E-state index contributed by atoms with van der Waals surface area (Å²) in [4.78, 5) is 12.1. The van der Waals surface area contributed by atoms with Crippen molar-refractivity contribution in [1.82, 2.24) is 4.72 Å². The molecular formula is C17H19ClN2O3S. The lowest BCUT2D eigenvalue weighted by Crippen LogP contribution is -2.33. The van der Waals surface area contributed by atoms with Crippen LogP contribution in [0.1, 0.15) is 16.7 Å². The van der Waals surface area contributed by atoms with Crippen LogP contribution in [-0.4, -0.2) is 20.9 Å². The van der Waals surface area contributed by atoms with E-state index in [4.69, 9.17) is 11.6 Å². The zero-order chi connectivity index (χ0) is 17.9. The number of sulfonamides is 1. The fourth-order valence-corrected chi connectivity index (χ4v) is 3.25. The van der Waals surface area contributed by atoms with Gasteiger partial charge in [0, 0.05) is 10.7 Å². The summed E-state index contributed by atoms with van der Waals surface area (Å²) in [6.07, 6.45) is 0. The molecule has 2 aromatic rings. The number of nitrogens with one attached hydrogen (secondary N) is 2. The minimum Gasteiger partial charge on any atom is -0.325 e. The van der Waals surface area contributed by atoms with Crippen LogP contribution in [0.25, 0.3) is 0 Å². The molecule has 128 valence electrons. The minimum absolute atomic E-state index is 0.136. The molecule has 2 aromatic carbocycles. The molecule has 0 bridgehead atoms. The minimum atomic E-state index is -3.74. The molecule has 0 atom stereocenters. The molecule has 5 nitrogen and oxygen atoms in total. The van der Waals surface area contributed by atoms with Gasteiger partial charge in [-0.2, -0.15) is 0 Å². The zero-order valence-electron chi connectivity index (χ0n) is 13.7. The van der Waals surface area contributed by atoms with Gasteiger partial charge < -0.3 is 5.32 Å². The van der Waals surface area contributed by atoms with Gasteiger partial charge in [0.25, 0.3) is 0 Å². The van der Waals surface area contributed by atoms with Crippen molar-refractivity contribution < 1.29 is 13.2 Å². The lowest BCUT2D eigenvalue weighted by Gasteiger charge is -2.10. The average Bonchev–Trinajstić information content (AvgIpc) is 2.52. The van der Waals surface area contributed by atoms with Crippen LogP contribution in [0.4, 0.5) is 5.69 Å². The van der Waals surface area contributed by atoms with E-state index in [2.05, 4.69) is 10.0 Å². The maximum Gasteiger partial charge on any atom is 0.241 e. The summed E-state index contributed by atoms with van der Waals surface area (Å²) in [6.45, 7) is 5.23. The second kappa shape index (κ2) is 7.34. The van der Waals surface area contributed by atoms with Crippen molar-refractivity contribution in [1.29, 1.82) is 0 Å². The second-order valence-corrected chi connectivity index (χ2v) is 7.76. The van der Waals surface area contributed by atoms with Crippen molar-refractivity contribution in [3.05, 3.63) is 58.1 Å². The molecule has 2 N–H and O–H groups in total. The average molecular weight is 367 g/mol. The van der Waals surface area contributed by atoms with E-state index in [9.17, 15) is 13.2 Å². The second-order valence-electron chi connectivity index (χ2n) is 5.58. The first-order valence-electron chi connectivity index (χ1n) is 7.32. The molecular weight excluding hydrogens is 348 g/mol. The third-order valence-electron chi connectivity index (χ3n) is 3.67. The van der Waals surface area contributed by atoms with E-state index in [1.807, 2.05) is 20.8 Å². The maximum atomic E-state index is 12.2. The first-order chi connectivity index (χ1) is 11.2. The first-order valence-corrected chi connectivity index (χ1v) is 9.18. The molecule has 0 aliphatic heterocycles. The van der Waals surface area contributed by atoms with Gasteiger partial charge in [0.15, 0.2) is 0 Å². The molecule has 0 spiro atoms. The molecule has 24 heavy (non-hydrogen) atoms. The highest BCUT2D eigenvalue weighted by Crippen LogP contribution is 2.20. The van der Waals surface area contributed by atoms with E-state index < -0.39 is 15.9 Å². The quantitative estimate of drug-likeness (QED) is 0.853. The smallest absolute Gasteiger partial charge is 0.241 e. The van der Waals surface area contributed by atoms with Crippen LogP contribution in [0, 0.1) is 20.8 Å². The van der Waals surface area contributed by atoms with Crippen molar-refractivity contribution in [2.75, 3.05) is 11.9 Å². The predicted molar refractivity (Wildman–Crippen MR) is 95.9 cm³/mol. The van der Waals surface area contributed by atoms with Crippen molar-refractivity contribution >= 4 is 33.2 Å². The number of hydrogen-bond acceptors (Lipinski definition) is 3. The highest BCUT2D eigenvalue weighted by Gasteiger charge is 2.16. The predicted octanol–water partition coefficient (Wildman–Crippen LogP) is 3.18. The molecule has 0 aliphatic carbocycles. The van der Waals surface area contributed by atoms with Crippen molar-refractivity contribution in [2.45, 2.75) is 25.7 Å². The third-order valence-corrected chi connectivity index (χ3v) is 5.47. The van der Waals surface area contributed by atoms with E-state index in [1.54, 1.807) is 30.3 Å². The van der Waals surface area contributed by atoms with Crippen LogP contribution in [0.15, 0.2) is 41.3 Å². The number of aryl methyl sites for hydroxylation is 3. The molecule has 0 heterocycles. The molecule has 1 amide bonds. The fraction of sp³-hybridized carbons (Fsp3) is 0.235. The van der Waals surface area contributed by atoms with Crippen molar-refractivity contribution in [3.8, 4) is 0 Å². The number of benzene rings is 2. The van der Waals surface area contributed by atoms with Gasteiger partial charge in [-0.3, -0.25) is 4.79 Å². The van der Waals surface area contributed by atoms with E-state index in [-0.39, 0.29) is 11.4 Å². The standard InChI is InChI=1S/C17H19ClN2O3S/c1-11-5-7-15(8-13(11)3)24(22,23)19-10-17(21)20-14-6-4-12(2)16(18)9-14/h4-9,19H,10H2,1-3H3,(H,20,21). The summed E-state index contributed by atoms with van der Waals surface area (Å²) in [5.41, 5.74) is 3.28. The molecule has 0 aliphatic rings. The summed E-state index contributed by atoms with van der Waals surface area (Å²) in [5.74, 6) is -0.470. The number of anilines is 1. The van der Waals surface area contributed by atoms with Crippen LogP contribution in [0.2, 0.25) is 5.02 Å². The summed E-state index contributed by atoms with van der Waals surface area (Å²) in [5, 5.41) is 3.14. The Morgan fingerprint density at radius 3 is 2.29 bits per heavy atom. The van der Waals surface area contributed by atoms with Crippen LogP contribution < -0.4 is 10.0 Å². The normalized spacial score (nSPS) is 11.3. The zero-order valence-corrected chi connectivity index (χ0v) is 15.3. The van der Waals surface area contributed by atoms with Gasteiger partial charge in [0.2, 0.25) is 15.9 Å². The molecule has 0 unspecified atom stereocenters. The van der Waals surface area contributed by atoms with Crippen LogP contribution in [-0.2, 0) is 14.8 Å². The molecule has 0 saturated carbocycles. The summed E-state index contributed by atoms with van der Waals surface area (Å²) in [7, 11) is -3.74. The van der Waals surface area contributed by atoms with E-state index in [1.165, 1.54) is 6.07 Å². The first kappa shape index (κ1) is 18.4. The lowest BCUT2D eigenvalue weighted by molar-refractivity contribution is -0.115. The van der Waals surface area contributed by atoms with Crippen molar-refractivity contribution in [3.63, 3.8) is 0 Å². The molecule has 0 fully saturated rings. The van der Waals surface area contributed by atoms with Crippen LogP contribution in [0.5, 0.6) is 0 Å². The Hall–Kier alpha value is -1.89. The summed E-state index contributed by atoms with van der Waals surface area (Å²) < 4.78 is 26.8. The Kier molecular flexibility index (Phi) is 5.64. The monoisotopic (exact) mass is 366 g/mol. The van der Waals surface area contributed by atoms with E-state index in [0.29, 0.717) is 10.7 Å². The summed E-state index contributed by atoms with van der Waals surface area (Å²) >= 11 is 5.99. The van der Waals surface area contributed by atoms with E-state index in [0.717, 1.165) is 16.7 Å². The Labute approximate surface area is 147 Å². The lowest BCUT2D eigenvalue weighted by atomic mass is 10.1. The number of halogens is 1. The third kappa shape index (κ3) is 4.56. The SMILES string of the molecule is Cc1ccc(S(=O)(=O)NCC(=O)Nc2ccc(C)c(Cl)c2)cc1C. The van der Waals surface area contributed by atoms with Gasteiger partial charge in [-0.1, -0.05) is 23.7 Å². The van der Waals surface area contributed by atoms with Gasteiger partial charge >= 0.3 is 0 Å². The number of carbonyl (C=O) groups excluding carboxylic acids is 1. The van der Waals surface area contributed by atoms with E-state index >= 15 is 0 Å². The van der Waals surface area contributed by atoms with Crippen molar-refractivity contribution in [2.24, 2.45) is 0 Å². The topological polar surface area (TPSA) is 75.3 Å². The molecule has 2 rings (SSSR count). The Balaban J connectivity index is 2.01. The van der Waals surface area contributed by atoms with Gasteiger partial charge in [0.05, 0.1) is 11.4 Å². The fourth-order valence-electron chi connectivity index (χ4n) is 2.00. The Morgan fingerprint density at radius 2 is 1.67 bits per heavy atom. The number of hydrogen-bond donors (Lipinski definition) is 2. The molecule has 7 heteroatoms. The highest BCUT2D eigenvalue weighted by atomic mass is 35.5. The van der Waals surface area contributed by atoms with Gasteiger partial charge in [-0.25, -0.2) is 13.1 Å². The van der Waals surface area contributed by atoms with Gasteiger partial charge in [0.1, 0.15) is 0 Å². The summed E-state index contributed by atoms with van der Waals surface area (Å²) in [6, 6.07) is 9.93. The highest BCUT2D eigenvalue weighted by molar-refractivity contribution is 7.89. The molecule has 0 aromatic heterocycles. The van der Waals surface area contributed by atoms with Crippen LogP contribution in [0.3, 0.4) is 0 Å². The Morgan fingerprint density at radius 1 is 1.00 bits per heavy atom. The largest absolute Gasteiger partial charge is 0.325 e. The molecule has 0 radical (unpaired) electrons. The number of amides is 1. The van der Waals surface area contributed by atoms with Crippen LogP contribution >= 0.6 is 11.6 Å².